The Kier molecular flexibility index (Phi) is 2.76. The first kappa shape index (κ1) is 13.1. The molecule has 0 radical (unpaired) electrons. The van der Waals surface area contributed by atoms with E-state index in [4.69, 9.17) is 5.10 Å². The smallest absolute Gasteiger partial charge is 0.154 e. The Morgan fingerprint density at radius 2 is 1.90 bits per heavy atom. The third-order valence-corrected chi connectivity index (χ3v) is 4.83. The summed E-state index contributed by atoms with van der Waals surface area (Å²) in [6.45, 7) is 11.1. The lowest BCUT2D eigenvalue weighted by Gasteiger charge is -2.19. The van der Waals surface area contributed by atoms with Gasteiger partial charge < -0.3 is 10.2 Å². The number of hydrogen-bond donors (Lipinski definition) is 1. The van der Waals surface area contributed by atoms with Crippen LogP contribution in [0.1, 0.15) is 26.5 Å². The molecule has 4 rings (SSSR count). The van der Waals surface area contributed by atoms with E-state index in [0.717, 1.165) is 55.0 Å². The van der Waals surface area contributed by atoms with Gasteiger partial charge in [0, 0.05) is 44.0 Å². The predicted octanol–water partition coefficient (Wildman–Crippen LogP) is 1.68. The van der Waals surface area contributed by atoms with E-state index in [2.05, 4.69) is 42.0 Å². The maximum atomic E-state index is 4.73. The molecule has 0 saturated carbocycles. The lowest BCUT2D eigenvalue weighted by Crippen LogP contribution is -2.26. The topological polar surface area (TPSA) is 45.5 Å². The van der Waals surface area contributed by atoms with E-state index in [9.17, 15) is 0 Å². The summed E-state index contributed by atoms with van der Waals surface area (Å²) in [4.78, 5) is 7.10. The van der Waals surface area contributed by atoms with E-state index >= 15 is 0 Å². The maximum Gasteiger partial charge on any atom is 0.154 e. The molecule has 21 heavy (non-hydrogen) atoms. The predicted molar refractivity (Wildman–Crippen MR) is 83.7 cm³/mol. The van der Waals surface area contributed by atoms with Crippen molar-refractivity contribution in [1.82, 2.24) is 19.9 Å². The normalized spacial score (nSPS) is 25.8. The van der Waals surface area contributed by atoms with Crippen LogP contribution >= 0.6 is 0 Å². The minimum atomic E-state index is 0.0642. The van der Waals surface area contributed by atoms with Gasteiger partial charge in [-0.05, 0) is 17.9 Å². The van der Waals surface area contributed by atoms with E-state index in [1.165, 1.54) is 0 Å². The average Bonchev–Trinajstić information content (AvgIpc) is 3.10. The van der Waals surface area contributed by atoms with Crippen LogP contribution in [0.3, 0.4) is 0 Å². The second-order valence-electron chi connectivity index (χ2n) is 7.44. The second-order valence-corrected chi connectivity index (χ2v) is 7.44. The molecule has 5 nitrogen and oxygen atoms in total. The zero-order valence-electron chi connectivity index (χ0n) is 13.0. The Bertz CT molecular complexity index is 657. The largest absolute Gasteiger partial charge is 0.354 e. The fraction of sp³-hybridized carbons (Fsp3) is 0.625. The molecule has 0 aromatic carbocycles. The molecule has 0 amide bonds. The van der Waals surface area contributed by atoms with E-state index < -0.39 is 0 Å². The van der Waals surface area contributed by atoms with Crippen molar-refractivity contribution in [1.29, 1.82) is 0 Å². The minimum absolute atomic E-state index is 0.0642. The van der Waals surface area contributed by atoms with Crippen molar-refractivity contribution in [2.75, 3.05) is 31.1 Å². The van der Waals surface area contributed by atoms with E-state index in [1.54, 1.807) is 0 Å². The van der Waals surface area contributed by atoms with Gasteiger partial charge in [-0.1, -0.05) is 20.8 Å². The highest BCUT2D eigenvalue weighted by Crippen LogP contribution is 2.32. The number of anilines is 1. The summed E-state index contributed by atoms with van der Waals surface area (Å²) in [5.41, 5.74) is 2.32. The van der Waals surface area contributed by atoms with E-state index in [0.29, 0.717) is 0 Å². The van der Waals surface area contributed by atoms with Crippen molar-refractivity contribution < 1.29 is 0 Å². The molecule has 0 aliphatic carbocycles. The summed E-state index contributed by atoms with van der Waals surface area (Å²) in [6.07, 6.45) is 3.82. The molecule has 2 fully saturated rings. The van der Waals surface area contributed by atoms with Crippen LogP contribution in [0.5, 0.6) is 0 Å². The summed E-state index contributed by atoms with van der Waals surface area (Å²) in [5, 5.41) is 8.22. The van der Waals surface area contributed by atoms with Gasteiger partial charge in [-0.2, -0.15) is 5.10 Å². The van der Waals surface area contributed by atoms with Crippen LogP contribution in [-0.4, -0.2) is 40.8 Å². The summed E-state index contributed by atoms with van der Waals surface area (Å²) in [6, 6.07) is 2.20. The van der Waals surface area contributed by atoms with Crippen molar-refractivity contribution in [3.05, 3.63) is 24.2 Å². The number of aromatic nitrogens is 3. The highest BCUT2D eigenvalue weighted by Gasteiger charge is 2.37. The standard InChI is InChI=1S/C16H23N5/c1-16(2,3)14-6-13-15(18-4-5-21(13)19-14)20-9-11-7-17-8-12(11)10-20/h4-6,11-12,17H,7-10H2,1-3H3/t11-,12+. The molecule has 2 aromatic rings. The van der Waals surface area contributed by atoms with Crippen LogP contribution in [-0.2, 0) is 5.41 Å². The van der Waals surface area contributed by atoms with Crippen LogP contribution in [0.25, 0.3) is 5.52 Å². The lowest BCUT2D eigenvalue weighted by atomic mass is 9.92. The van der Waals surface area contributed by atoms with E-state index in [-0.39, 0.29) is 5.41 Å². The molecule has 2 aliphatic heterocycles. The van der Waals surface area contributed by atoms with Gasteiger partial charge in [-0.15, -0.1) is 0 Å². The Morgan fingerprint density at radius 3 is 2.57 bits per heavy atom. The van der Waals surface area contributed by atoms with Gasteiger partial charge in [0.25, 0.3) is 0 Å². The number of rotatable bonds is 1. The summed E-state index contributed by atoms with van der Waals surface area (Å²) in [5.74, 6) is 2.64. The number of nitrogens with zero attached hydrogens (tertiary/aromatic N) is 4. The first-order chi connectivity index (χ1) is 10.0. The lowest BCUT2D eigenvalue weighted by molar-refractivity contribution is 0.533. The van der Waals surface area contributed by atoms with Crippen LogP contribution in [0.4, 0.5) is 5.82 Å². The van der Waals surface area contributed by atoms with Crippen LogP contribution in [0.15, 0.2) is 18.5 Å². The van der Waals surface area contributed by atoms with Crippen molar-refractivity contribution in [2.45, 2.75) is 26.2 Å². The molecule has 0 bridgehead atoms. The molecule has 1 N–H and O–H groups in total. The molecule has 0 unspecified atom stereocenters. The molecule has 4 heterocycles. The molecular formula is C16H23N5. The van der Waals surface area contributed by atoms with Crippen molar-refractivity contribution in [2.24, 2.45) is 11.8 Å². The average molecular weight is 285 g/mol. The Labute approximate surface area is 125 Å². The van der Waals surface area contributed by atoms with Gasteiger partial charge in [0.15, 0.2) is 5.82 Å². The van der Waals surface area contributed by atoms with Crippen molar-refractivity contribution >= 4 is 11.3 Å². The second kappa shape index (κ2) is 4.44. The molecule has 5 heteroatoms. The van der Waals surface area contributed by atoms with Gasteiger partial charge in [0.05, 0.1) is 5.69 Å². The van der Waals surface area contributed by atoms with Crippen LogP contribution < -0.4 is 10.2 Å². The van der Waals surface area contributed by atoms with E-state index in [1.807, 2.05) is 16.9 Å². The first-order valence-electron chi connectivity index (χ1n) is 7.83. The van der Waals surface area contributed by atoms with Gasteiger partial charge in [-0.3, -0.25) is 0 Å². The van der Waals surface area contributed by atoms with Gasteiger partial charge in [-0.25, -0.2) is 9.50 Å². The van der Waals surface area contributed by atoms with Crippen LogP contribution in [0, 0.1) is 11.8 Å². The summed E-state index contributed by atoms with van der Waals surface area (Å²) in [7, 11) is 0. The molecule has 2 aliphatic rings. The Balaban J connectivity index is 1.74. The SMILES string of the molecule is CC(C)(C)c1cc2c(N3C[C@H]4CNC[C@H]4C3)nccn2n1. The quantitative estimate of drug-likeness (QED) is 0.866. The fourth-order valence-corrected chi connectivity index (χ4v) is 3.55. The first-order valence-corrected chi connectivity index (χ1v) is 7.83. The monoisotopic (exact) mass is 285 g/mol. The zero-order chi connectivity index (χ0) is 14.6. The molecule has 2 aromatic heterocycles. The minimum Gasteiger partial charge on any atom is -0.354 e. The molecular weight excluding hydrogens is 262 g/mol. The highest BCUT2D eigenvalue weighted by atomic mass is 15.3. The summed E-state index contributed by atoms with van der Waals surface area (Å²) < 4.78 is 1.98. The number of fused-ring (bicyclic) bond motifs is 2. The van der Waals surface area contributed by atoms with Crippen LogP contribution in [0.2, 0.25) is 0 Å². The summed E-state index contributed by atoms with van der Waals surface area (Å²) >= 11 is 0. The van der Waals surface area contributed by atoms with Crippen molar-refractivity contribution in [3.8, 4) is 0 Å². The zero-order valence-corrected chi connectivity index (χ0v) is 13.0. The molecule has 2 saturated heterocycles. The molecule has 2 atom stereocenters. The highest BCUT2D eigenvalue weighted by molar-refractivity contribution is 5.70. The van der Waals surface area contributed by atoms with Gasteiger partial charge >= 0.3 is 0 Å². The fourth-order valence-electron chi connectivity index (χ4n) is 3.55. The Morgan fingerprint density at radius 1 is 1.19 bits per heavy atom. The van der Waals surface area contributed by atoms with Crippen molar-refractivity contribution in [3.63, 3.8) is 0 Å². The van der Waals surface area contributed by atoms with Gasteiger partial charge in [0.2, 0.25) is 0 Å². The maximum absolute atomic E-state index is 4.73. The third kappa shape index (κ3) is 2.11. The third-order valence-electron chi connectivity index (χ3n) is 4.83. The molecule has 0 spiro atoms. The number of hydrogen-bond acceptors (Lipinski definition) is 4. The molecule has 112 valence electrons. The van der Waals surface area contributed by atoms with Gasteiger partial charge in [0.1, 0.15) is 5.52 Å². The number of nitrogens with one attached hydrogen (secondary N) is 1. The Hall–Kier alpha value is -1.62.